The molecule has 0 amide bonds. The van der Waals surface area contributed by atoms with Gasteiger partial charge in [0, 0.05) is 18.6 Å². The van der Waals surface area contributed by atoms with Gasteiger partial charge in [0.2, 0.25) is 0 Å². The fourth-order valence-electron chi connectivity index (χ4n) is 3.70. The first-order valence-electron chi connectivity index (χ1n) is 10.6. The van der Waals surface area contributed by atoms with Crippen molar-refractivity contribution in [2.24, 2.45) is 0 Å². The highest BCUT2D eigenvalue weighted by Crippen LogP contribution is 2.36. The molecule has 1 unspecified atom stereocenters. The first-order valence-corrected chi connectivity index (χ1v) is 12.4. The molecule has 0 spiro atoms. The molecule has 0 radical (unpaired) electrons. The minimum absolute atomic E-state index is 0.156. The lowest BCUT2D eigenvalue weighted by atomic mass is 10.0. The van der Waals surface area contributed by atoms with Crippen molar-refractivity contribution in [3.8, 4) is 33.5 Å². The topological polar surface area (TPSA) is 72.2 Å². The van der Waals surface area contributed by atoms with Crippen LogP contribution in [0.5, 0.6) is 5.75 Å². The van der Waals surface area contributed by atoms with E-state index in [2.05, 4.69) is 6.07 Å². The number of ether oxygens (including phenoxy) is 2. The van der Waals surface area contributed by atoms with Crippen LogP contribution in [0.3, 0.4) is 0 Å². The fraction of sp³-hybridized carbons (Fsp3) is 0.320. The molecule has 2 aromatic heterocycles. The second-order valence-corrected chi connectivity index (χ2v) is 9.47. The number of nitrogens with zero attached hydrogens (tertiary/aromatic N) is 2. The molecule has 4 rings (SSSR count). The molecule has 0 bridgehead atoms. The maximum absolute atomic E-state index is 12.5. The Morgan fingerprint density at radius 1 is 1.34 bits per heavy atom. The third-order valence-corrected chi connectivity index (χ3v) is 7.34. The highest BCUT2D eigenvalue weighted by Gasteiger charge is 2.19. The number of rotatable bonds is 9. The smallest absolute Gasteiger partial charge is 0.143 e. The number of hydrogen-bond acceptors (Lipinski definition) is 7. The number of carbonyl (C=O) groups is 1. The van der Waals surface area contributed by atoms with Crippen molar-refractivity contribution in [3.05, 3.63) is 53.4 Å². The summed E-state index contributed by atoms with van der Waals surface area (Å²) in [6.45, 7) is 0.798. The molecule has 1 atom stereocenters. The molecule has 1 aromatic carbocycles. The average Bonchev–Trinajstić information content (AvgIpc) is 3.55. The third-order valence-electron chi connectivity index (χ3n) is 5.41. The van der Waals surface area contributed by atoms with E-state index >= 15 is 0 Å². The van der Waals surface area contributed by atoms with Crippen LogP contribution in [0.2, 0.25) is 0 Å². The first kappa shape index (κ1) is 22.5. The van der Waals surface area contributed by atoms with Gasteiger partial charge in [-0.2, -0.15) is 5.26 Å². The summed E-state index contributed by atoms with van der Waals surface area (Å²) in [7, 11) is 1.63. The van der Waals surface area contributed by atoms with Gasteiger partial charge < -0.3 is 9.47 Å². The third kappa shape index (κ3) is 5.39. The Hall–Kier alpha value is -2.66. The molecular weight excluding hydrogens is 440 g/mol. The van der Waals surface area contributed by atoms with Crippen molar-refractivity contribution in [2.75, 3.05) is 19.5 Å². The monoisotopic (exact) mass is 464 g/mol. The number of thiophene rings is 1. The van der Waals surface area contributed by atoms with Crippen molar-refractivity contribution in [3.63, 3.8) is 0 Å². The average molecular weight is 465 g/mol. The van der Waals surface area contributed by atoms with Crippen LogP contribution in [0.1, 0.15) is 31.2 Å². The highest BCUT2D eigenvalue weighted by molar-refractivity contribution is 8.00. The number of methoxy groups -OCH3 is 1. The summed E-state index contributed by atoms with van der Waals surface area (Å²) in [5.41, 5.74) is 3.02. The molecule has 5 nitrogen and oxygen atoms in total. The van der Waals surface area contributed by atoms with E-state index in [0.717, 1.165) is 53.3 Å². The van der Waals surface area contributed by atoms with E-state index in [-0.39, 0.29) is 11.9 Å². The Labute approximate surface area is 196 Å². The second-order valence-electron chi connectivity index (χ2n) is 7.55. The largest absolute Gasteiger partial charge is 0.497 e. The molecule has 3 aromatic rings. The predicted molar refractivity (Wildman–Crippen MR) is 128 cm³/mol. The fourth-order valence-corrected chi connectivity index (χ4v) is 5.29. The van der Waals surface area contributed by atoms with E-state index < -0.39 is 0 Å². The van der Waals surface area contributed by atoms with E-state index in [9.17, 15) is 10.1 Å². The van der Waals surface area contributed by atoms with Gasteiger partial charge in [0.05, 0.1) is 35.1 Å². The summed E-state index contributed by atoms with van der Waals surface area (Å²) in [5, 5.41) is 12.6. The molecule has 32 heavy (non-hydrogen) atoms. The number of carbonyl (C=O) groups excluding carboxylic acids is 1. The van der Waals surface area contributed by atoms with Crippen LogP contribution < -0.4 is 4.74 Å². The van der Waals surface area contributed by atoms with E-state index in [1.165, 1.54) is 11.8 Å². The van der Waals surface area contributed by atoms with Crippen LogP contribution in [0.25, 0.3) is 21.7 Å². The molecule has 7 heteroatoms. The van der Waals surface area contributed by atoms with Gasteiger partial charge in [0.25, 0.3) is 0 Å². The van der Waals surface area contributed by atoms with Crippen LogP contribution in [0, 0.1) is 11.3 Å². The number of benzene rings is 1. The zero-order valence-electron chi connectivity index (χ0n) is 17.9. The van der Waals surface area contributed by atoms with Crippen molar-refractivity contribution in [1.82, 2.24) is 4.98 Å². The van der Waals surface area contributed by atoms with E-state index in [1.807, 2.05) is 47.8 Å². The number of pyridine rings is 1. The number of nitriles is 1. The van der Waals surface area contributed by atoms with E-state index in [0.29, 0.717) is 22.8 Å². The molecule has 0 N–H and O–H groups in total. The minimum Gasteiger partial charge on any atom is -0.497 e. The van der Waals surface area contributed by atoms with Crippen LogP contribution >= 0.6 is 23.1 Å². The quantitative estimate of drug-likeness (QED) is 0.363. The molecule has 3 heterocycles. The normalized spacial score (nSPS) is 15.4. The van der Waals surface area contributed by atoms with Gasteiger partial charge in [-0.05, 0) is 54.5 Å². The lowest BCUT2D eigenvalue weighted by Crippen LogP contribution is -2.10. The predicted octanol–water partition coefficient (Wildman–Crippen LogP) is 5.98. The van der Waals surface area contributed by atoms with Crippen molar-refractivity contribution in [1.29, 1.82) is 5.26 Å². The zero-order chi connectivity index (χ0) is 22.3. The SMILES string of the molecule is COc1ccc(-c2cc(-c3cccs3)nc(SCC(=O)CCC3CCCO3)c2C#N)cc1. The molecule has 0 aliphatic carbocycles. The Balaban J connectivity index is 1.60. The molecule has 1 aliphatic rings. The Kier molecular flexibility index (Phi) is 7.59. The minimum atomic E-state index is 0.156. The van der Waals surface area contributed by atoms with Gasteiger partial charge in [-0.25, -0.2) is 4.98 Å². The number of thioether (sulfide) groups is 1. The van der Waals surface area contributed by atoms with Crippen LogP contribution in [0.15, 0.2) is 52.9 Å². The summed E-state index contributed by atoms with van der Waals surface area (Å²) < 4.78 is 10.9. The molecule has 0 saturated carbocycles. The van der Waals surface area contributed by atoms with Crippen LogP contribution in [-0.2, 0) is 9.53 Å². The standard InChI is InChI=1S/C25H24N2O3S2/c1-29-19-9-6-17(7-10-19)21-14-23(24-5-3-13-31-24)27-25(22(21)15-26)32-16-18(28)8-11-20-4-2-12-30-20/h3,5-7,9-10,13-14,20H,2,4,8,11-12,16H2,1H3. The molecular formula is C25H24N2O3S2. The van der Waals surface area contributed by atoms with Crippen molar-refractivity contribution in [2.45, 2.75) is 36.8 Å². The lowest BCUT2D eigenvalue weighted by Gasteiger charge is -2.12. The van der Waals surface area contributed by atoms with E-state index in [1.54, 1.807) is 18.4 Å². The Morgan fingerprint density at radius 3 is 2.84 bits per heavy atom. The summed E-state index contributed by atoms with van der Waals surface area (Å²) >= 11 is 2.95. The van der Waals surface area contributed by atoms with Gasteiger partial charge in [0.15, 0.2) is 0 Å². The van der Waals surface area contributed by atoms with Crippen molar-refractivity contribution < 1.29 is 14.3 Å². The number of hydrogen-bond donors (Lipinski definition) is 0. The lowest BCUT2D eigenvalue weighted by molar-refractivity contribution is -0.117. The van der Waals surface area contributed by atoms with Gasteiger partial charge in [-0.1, -0.05) is 30.0 Å². The number of Topliss-reactive ketones (excluding diaryl/α,β-unsaturated/α-hetero) is 1. The molecule has 164 valence electrons. The summed E-state index contributed by atoms with van der Waals surface area (Å²) in [5.74, 6) is 1.21. The maximum atomic E-state index is 12.5. The van der Waals surface area contributed by atoms with Crippen molar-refractivity contribution >= 4 is 28.9 Å². The van der Waals surface area contributed by atoms with Crippen LogP contribution in [0.4, 0.5) is 0 Å². The second kappa shape index (κ2) is 10.8. The molecule has 1 saturated heterocycles. The number of aromatic nitrogens is 1. The van der Waals surface area contributed by atoms with Gasteiger partial charge in [-0.15, -0.1) is 11.3 Å². The molecule has 1 aliphatic heterocycles. The highest BCUT2D eigenvalue weighted by atomic mass is 32.2. The summed E-state index contributed by atoms with van der Waals surface area (Å²) in [6, 6.07) is 15.9. The number of ketones is 1. The van der Waals surface area contributed by atoms with Gasteiger partial charge >= 0.3 is 0 Å². The molecule has 1 fully saturated rings. The van der Waals surface area contributed by atoms with Gasteiger partial charge in [-0.3, -0.25) is 4.79 Å². The summed E-state index contributed by atoms with van der Waals surface area (Å²) in [4.78, 5) is 18.3. The summed E-state index contributed by atoms with van der Waals surface area (Å²) in [6.07, 6.45) is 3.58. The Morgan fingerprint density at radius 2 is 2.19 bits per heavy atom. The first-order chi connectivity index (χ1) is 15.7. The Bertz CT molecular complexity index is 1100. The zero-order valence-corrected chi connectivity index (χ0v) is 19.5. The van der Waals surface area contributed by atoms with Crippen LogP contribution in [-0.4, -0.2) is 36.3 Å². The van der Waals surface area contributed by atoms with Gasteiger partial charge in [0.1, 0.15) is 22.6 Å². The maximum Gasteiger partial charge on any atom is 0.143 e. The van der Waals surface area contributed by atoms with E-state index in [4.69, 9.17) is 14.5 Å².